The van der Waals surface area contributed by atoms with Gasteiger partial charge in [-0.3, -0.25) is 5.43 Å². The van der Waals surface area contributed by atoms with Crippen molar-refractivity contribution in [1.82, 2.24) is 10.4 Å². The van der Waals surface area contributed by atoms with E-state index in [2.05, 4.69) is 35.6 Å². The fraction of sp³-hybridized carbons (Fsp3) is 0.400. The molecule has 2 rings (SSSR count). The first kappa shape index (κ1) is 7.77. The van der Waals surface area contributed by atoms with Crippen LogP contribution in [-0.4, -0.2) is 12.1 Å². The number of rotatable bonds is 1. The molecule has 1 aliphatic rings. The van der Waals surface area contributed by atoms with E-state index in [1.807, 2.05) is 7.05 Å². The molecule has 1 heterocycles. The third-order valence-electron chi connectivity index (χ3n) is 2.53. The SMILES string of the molecule is CNN1Cc2cccc(C)c2C1. The normalized spacial score (nSPS) is 16.5. The lowest BCUT2D eigenvalue weighted by atomic mass is 10.1. The molecular weight excluding hydrogens is 148 g/mol. The van der Waals surface area contributed by atoms with Gasteiger partial charge in [-0.25, -0.2) is 5.01 Å². The highest BCUT2D eigenvalue weighted by Gasteiger charge is 2.18. The molecule has 1 aromatic rings. The summed E-state index contributed by atoms with van der Waals surface area (Å²) in [6, 6.07) is 6.52. The first-order valence-electron chi connectivity index (χ1n) is 4.31. The molecule has 0 fully saturated rings. The second kappa shape index (κ2) is 2.88. The number of hydrazine groups is 1. The first-order chi connectivity index (χ1) is 5.81. The summed E-state index contributed by atoms with van der Waals surface area (Å²) >= 11 is 0. The minimum atomic E-state index is 1.04. The van der Waals surface area contributed by atoms with Crippen molar-refractivity contribution in [1.29, 1.82) is 0 Å². The molecule has 0 spiro atoms. The van der Waals surface area contributed by atoms with E-state index in [0.717, 1.165) is 13.1 Å². The van der Waals surface area contributed by atoms with Crippen molar-refractivity contribution in [3.63, 3.8) is 0 Å². The van der Waals surface area contributed by atoms with Gasteiger partial charge >= 0.3 is 0 Å². The van der Waals surface area contributed by atoms with Crippen molar-refractivity contribution in [3.8, 4) is 0 Å². The fourth-order valence-corrected chi connectivity index (χ4v) is 1.75. The Morgan fingerprint density at radius 3 is 2.83 bits per heavy atom. The van der Waals surface area contributed by atoms with Gasteiger partial charge < -0.3 is 0 Å². The van der Waals surface area contributed by atoms with Crippen LogP contribution in [0.15, 0.2) is 18.2 Å². The molecule has 0 unspecified atom stereocenters. The molecule has 2 heteroatoms. The van der Waals surface area contributed by atoms with E-state index >= 15 is 0 Å². The van der Waals surface area contributed by atoms with Crippen LogP contribution in [0.3, 0.4) is 0 Å². The van der Waals surface area contributed by atoms with Crippen LogP contribution in [0.4, 0.5) is 0 Å². The lowest BCUT2D eigenvalue weighted by Gasteiger charge is -2.11. The molecule has 1 aliphatic heterocycles. The van der Waals surface area contributed by atoms with E-state index in [0.29, 0.717) is 0 Å². The second-order valence-electron chi connectivity index (χ2n) is 3.29. The second-order valence-corrected chi connectivity index (χ2v) is 3.29. The Bertz CT molecular complexity index is 294. The van der Waals surface area contributed by atoms with Gasteiger partial charge in [-0.05, 0) is 30.7 Å². The van der Waals surface area contributed by atoms with E-state index in [1.54, 1.807) is 0 Å². The van der Waals surface area contributed by atoms with Crippen molar-refractivity contribution in [2.45, 2.75) is 20.0 Å². The zero-order valence-electron chi connectivity index (χ0n) is 7.59. The standard InChI is InChI=1S/C10H14N2/c1-8-4-3-5-9-6-12(11-2)7-10(8)9/h3-5,11H,6-7H2,1-2H3. The van der Waals surface area contributed by atoms with Crippen LogP contribution >= 0.6 is 0 Å². The number of hydrogen-bond donors (Lipinski definition) is 1. The molecule has 2 nitrogen and oxygen atoms in total. The Balaban J connectivity index is 2.35. The molecule has 12 heavy (non-hydrogen) atoms. The highest BCUT2D eigenvalue weighted by Crippen LogP contribution is 2.23. The maximum absolute atomic E-state index is 3.17. The summed E-state index contributed by atoms with van der Waals surface area (Å²) in [7, 11) is 1.97. The number of fused-ring (bicyclic) bond motifs is 1. The maximum Gasteiger partial charge on any atom is 0.0391 e. The molecule has 1 aromatic carbocycles. The Labute approximate surface area is 73.2 Å². The van der Waals surface area contributed by atoms with Crippen LogP contribution in [0.5, 0.6) is 0 Å². The van der Waals surface area contributed by atoms with Gasteiger partial charge in [-0.2, -0.15) is 0 Å². The molecule has 0 radical (unpaired) electrons. The molecule has 0 aromatic heterocycles. The minimum Gasteiger partial charge on any atom is -0.258 e. The number of hydrogen-bond acceptors (Lipinski definition) is 2. The minimum absolute atomic E-state index is 1.04. The van der Waals surface area contributed by atoms with Gasteiger partial charge in [0.2, 0.25) is 0 Å². The lowest BCUT2D eigenvalue weighted by molar-refractivity contribution is 0.212. The smallest absolute Gasteiger partial charge is 0.0391 e. The average molecular weight is 162 g/mol. The predicted molar refractivity (Wildman–Crippen MR) is 49.5 cm³/mol. The molecule has 0 saturated heterocycles. The summed E-state index contributed by atoms with van der Waals surface area (Å²) in [6.07, 6.45) is 0. The Morgan fingerprint density at radius 1 is 1.33 bits per heavy atom. The molecule has 0 saturated carbocycles. The van der Waals surface area contributed by atoms with E-state index in [9.17, 15) is 0 Å². The highest BCUT2D eigenvalue weighted by molar-refractivity contribution is 5.36. The van der Waals surface area contributed by atoms with Crippen molar-refractivity contribution in [2.75, 3.05) is 7.05 Å². The van der Waals surface area contributed by atoms with Crippen LogP contribution in [-0.2, 0) is 13.1 Å². The summed E-state index contributed by atoms with van der Waals surface area (Å²) in [5.41, 5.74) is 7.53. The molecule has 0 atom stereocenters. The number of benzene rings is 1. The number of nitrogens with zero attached hydrogens (tertiary/aromatic N) is 1. The molecule has 0 amide bonds. The van der Waals surface area contributed by atoms with Crippen molar-refractivity contribution < 1.29 is 0 Å². The summed E-state index contributed by atoms with van der Waals surface area (Å²) in [4.78, 5) is 0. The molecule has 64 valence electrons. The Hall–Kier alpha value is -0.860. The lowest BCUT2D eigenvalue weighted by Crippen LogP contribution is -2.29. The van der Waals surface area contributed by atoms with Gasteiger partial charge in [0.05, 0.1) is 0 Å². The quantitative estimate of drug-likeness (QED) is 0.672. The van der Waals surface area contributed by atoms with Crippen molar-refractivity contribution >= 4 is 0 Å². The van der Waals surface area contributed by atoms with Crippen LogP contribution in [0.2, 0.25) is 0 Å². The van der Waals surface area contributed by atoms with E-state index < -0.39 is 0 Å². The molecule has 1 N–H and O–H groups in total. The third kappa shape index (κ3) is 1.13. The summed E-state index contributed by atoms with van der Waals surface area (Å²) in [5, 5.41) is 2.22. The largest absolute Gasteiger partial charge is 0.258 e. The van der Waals surface area contributed by atoms with E-state index in [-0.39, 0.29) is 0 Å². The Kier molecular flexibility index (Phi) is 1.87. The van der Waals surface area contributed by atoms with Gasteiger partial charge in [-0.15, -0.1) is 0 Å². The number of aryl methyl sites for hydroxylation is 1. The first-order valence-corrected chi connectivity index (χ1v) is 4.31. The maximum atomic E-state index is 3.17. The topological polar surface area (TPSA) is 15.3 Å². The van der Waals surface area contributed by atoms with Crippen molar-refractivity contribution in [3.05, 3.63) is 34.9 Å². The average Bonchev–Trinajstić information content (AvgIpc) is 2.49. The molecule has 0 bridgehead atoms. The molecule has 0 aliphatic carbocycles. The van der Waals surface area contributed by atoms with Crippen molar-refractivity contribution in [2.24, 2.45) is 0 Å². The summed E-state index contributed by atoms with van der Waals surface area (Å²) < 4.78 is 0. The third-order valence-corrected chi connectivity index (χ3v) is 2.53. The van der Waals surface area contributed by atoms with Crippen LogP contribution < -0.4 is 5.43 Å². The van der Waals surface area contributed by atoms with Crippen LogP contribution in [0.1, 0.15) is 16.7 Å². The van der Waals surface area contributed by atoms with Crippen LogP contribution in [0, 0.1) is 6.92 Å². The fourth-order valence-electron chi connectivity index (χ4n) is 1.75. The highest BCUT2D eigenvalue weighted by atomic mass is 15.5. The van der Waals surface area contributed by atoms with Gasteiger partial charge in [0.25, 0.3) is 0 Å². The summed E-state index contributed by atoms with van der Waals surface area (Å²) in [6.45, 7) is 4.25. The summed E-state index contributed by atoms with van der Waals surface area (Å²) in [5.74, 6) is 0. The zero-order chi connectivity index (χ0) is 8.55. The van der Waals surface area contributed by atoms with E-state index in [1.165, 1.54) is 16.7 Å². The number of nitrogens with one attached hydrogen (secondary N) is 1. The zero-order valence-corrected chi connectivity index (χ0v) is 7.59. The van der Waals surface area contributed by atoms with Crippen LogP contribution in [0.25, 0.3) is 0 Å². The van der Waals surface area contributed by atoms with Gasteiger partial charge in [0, 0.05) is 13.1 Å². The van der Waals surface area contributed by atoms with E-state index in [4.69, 9.17) is 0 Å². The van der Waals surface area contributed by atoms with Gasteiger partial charge in [0.15, 0.2) is 0 Å². The van der Waals surface area contributed by atoms with Gasteiger partial charge in [0.1, 0.15) is 0 Å². The Morgan fingerprint density at radius 2 is 2.17 bits per heavy atom. The monoisotopic (exact) mass is 162 g/mol. The molecular formula is C10H14N2. The van der Waals surface area contributed by atoms with Gasteiger partial charge in [-0.1, -0.05) is 18.2 Å². The predicted octanol–water partition coefficient (Wildman–Crippen LogP) is 1.45.